The smallest absolute Gasteiger partial charge is 0.338 e. The van der Waals surface area contributed by atoms with Crippen molar-refractivity contribution in [3.8, 4) is 0 Å². The lowest BCUT2D eigenvalue weighted by molar-refractivity contribution is 0.0526. The first-order valence-corrected chi connectivity index (χ1v) is 11.8. The highest BCUT2D eigenvalue weighted by atomic mass is 79.9. The minimum Gasteiger partial charge on any atom is -0.462 e. The number of esters is 1. The lowest BCUT2D eigenvalue weighted by Crippen LogP contribution is -2.42. The summed E-state index contributed by atoms with van der Waals surface area (Å²) in [6.07, 6.45) is 1.26. The van der Waals surface area contributed by atoms with Gasteiger partial charge in [0.25, 0.3) is 0 Å². The van der Waals surface area contributed by atoms with E-state index in [0.717, 1.165) is 10.9 Å². The molecule has 0 amide bonds. The van der Waals surface area contributed by atoms with E-state index < -0.39 is 22.0 Å². The highest BCUT2D eigenvalue weighted by Gasteiger charge is 2.23. The maximum atomic E-state index is 12.7. The van der Waals surface area contributed by atoms with Crippen LogP contribution in [0.25, 0.3) is 0 Å². The summed E-state index contributed by atoms with van der Waals surface area (Å²) in [5.74, 6) is -0.428. The Balaban J connectivity index is 2.16. The van der Waals surface area contributed by atoms with E-state index in [1.54, 1.807) is 43.3 Å². The molecule has 2 aromatic rings. The number of anilines is 1. The van der Waals surface area contributed by atoms with Gasteiger partial charge in [0.1, 0.15) is 0 Å². The van der Waals surface area contributed by atoms with Crippen molar-refractivity contribution in [2.45, 2.75) is 37.6 Å². The quantitative estimate of drug-likeness (QED) is 0.390. The maximum Gasteiger partial charge on any atom is 0.338 e. The van der Waals surface area contributed by atoms with E-state index in [0.29, 0.717) is 22.7 Å². The summed E-state index contributed by atoms with van der Waals surface area (Å²) in [7, 11) is -3.74. The molecule has 1 atom stereocenters. The third-order valence-electron chi connectivity index (χ3n) is 3.96. The molecule has 0 bridgehead atoms. The molecule has 0 aliphatic carbocycles. The minimum atomic E-state index is -3.74. The van der Waals surface area contributed by atoms with Gasteiger partial charge in [-0.3, -0.25) is 0 Å². The molecule has 2 N–H and O–H groups in total. The summed E-state index contributed by atoms with van der Waals surface area (Å²) >= 11 is 8.76. The Labute approximate surface area is 185 Å². The Hall–Kier alpha value is -1.81. The molecule has 156 valence electrons. The molecule has 2 aromatic carbocycles. The maximum absolute atomic E-state index is 12.7. The van der Waals surface area contributed by atoms with Gasteiger partial charge in [-0.15, -0.1) is 0 Å². The van der Waals surface area contributed by atoms with E-state index in [4.69, 9.17) is 17.0 Å². The van der Waals surface area contributed by atoms with Crippen molar-refractivity contribution >= 4 is 54.8 Å². The molecule has 0 aliphatic rings. The molecule has 6 nitrogen and oxygen atoms in total. The van der Waals surface area contributed by atoms with Gasteiger partial charge in [-0.05, 0) is 55.8 Å². The van der Waals surface area contributed by atoms with Crippen LogP contribution >= 0.6 is 28.1 Å². The topological polar surface area (TPSA) is 84.5 Å². The van der Waals surface area contributed by atoms with Gasteiger partial charge in [0.05, 0.1) is 28.1 Å². The molecule has 0 radical (unpaired) electrons. The summed E-state index contributed by atoms with van der Waals surface area (Å²) in [4.78, 5) is 12.4. The highest BCUT2D eigenvalue weighted by Crippen LogP contribution is 2.17. The lowest BCUT2D eigenvalue weighted by atomic mass is 10.1. The van der Waals surface area contributed by atoms with Gasteiger partial charge in [-0.2, -0.15) is 0 Å². The number of carbonyl (C=O) groups excluding carboxylic acids is 1. The Morgan fingerprint density at radius 1 is 1.17 bits per heavy atom. The predicted octanol–water partition coefficient (Wildman–Crippen LogP) is 4.51. The fourth-order valence-corrected chi connectivity index (χ4v) is 4.44. The van der Waals surface area contributed by atoms with Crippen LogP contribution in [0.15, 0.2) is 57.9 Å². The second-order valence-electron chi connectivity index (χ2n) is 6.21. The van der Waals surface area contributed by atoms with Crippen LogP contribution in [-0.4, -0.2) is 32.0 Å². The normalized spacial score (nSPS) is 12.2. The van der Waals surface area contributed by atoms with Crippen LogP contribution < -0.4 is 10.0 Å². The number of hydrogen-bond acceptors (Lipinski definition) is 5. The molecule has 0 aliphatic heterocycles. The van der Waals surface area contributed by atoms with Crippen LogP contribution in [0.5, 0.6) is 0 Å². The van der Waals surface area contributed by atoms with Crippen molar-refractivity contribution in [3.05, 3.63) is 58.6 Å². The zero-order valence-corrected chi connectivity index (χ0v) is 19.4. The first-order chi connectivity index (χ1) is 13.8. The summed E-state index contributed by atoms with van der Waals surface area (Å²) in [5.41, 5.74) is 0.978. The molecule has 0 spiro atoms. The molecule has 2 rings (SSSR count). The third kappa shape index (κ3) is 6.88. The Bertz CT molecular complexity index is 963. The van der Waals surface area contributed by atoms with Crippen LogP contribution in [0.3, 0.4) is 0 Å². The van der Waals surface area contributed by atoms with Gasteiger partial charge >= 0.3 is 5.97 Å². The first kappa shape index (κ1) is 23.5. The highest BCUT2D eigenvalue weighted by molar-refractivity contribution is 9.10. The summed E-state index contributed by atoms with van der Waals surface area (Å²) in [6.45, 7) is 3.97. The number of thiocarbonyl (C=S) groups is 1. The van der Waals surface area contributed by atoms with Crippen molar-refractivity contribution in [1.82, 2.24) is 4.72 Å². The molecule has 0 unspecified atom stereocenters. The Morgan fingerprint density at radius 2 is 1.86 bits per heavy atom. The van der Waals surface area contributed by atoms with Gasteiger partial charge in [0.15, 0.2) is 0 Å². The summed E-state index contributed by atoms with van der Waals surface area (Å²) in [6, 6.07) is 12.5. The Morgan fingerprint density at radius 3 is 2.48 bits per heavy atom. The molecular formula is C20H23BrN2O4S2. The standard InChI is InChI=1S/C20H23BrN2O4S2/c1-3-6-18(23-29(25,26)17-11-9-15(21)10-12-17)19(28)22-16-8-5-7-14(13-16)20(24)27-4-2/h5,7-13,18,23H,3-4,6H2,1-2H3,(H,22,28)/t18-/m0/s1. The van der Waals surface area contributed by atoms with E-state index in [9.17, 15) is 13.2 Å². The summed E-state index contributed by atoms with van der Waals surface area (Å²) < 4.78 is 33.9. The van der Waals surface area contributed by atoms with Gasteiger partial charge < -0.3 is 10.1 Å². The van der Waals surface area contributed by atoms with Gasteiger partial charge in [0.2, 0.25) is 10.0 Å². The number of ether oxygens (including phenoxy) is 1. The minimum absolute atomic E-state index is 0.161. The number of nitrogens with one attached hydrogen (secondary N) is 2. The molecule has 0 fully saturated rings. The van der Waals surface area contributed by atoms with Gasteiger partial charge in [-0.25, -0.2) is 17.9 Å². The van der Waals surface area contributed by atoms with E-state index in [1.807, 2.05) is 6.92 Å². The van der Waals surface area contributed by atoms with Crippen molar-refractivity contribution in [3.63, 3.8) is 0 Å². The molecule has 0 saturated carbocycles. The van der Waals surface area contributed by atoms with Crippen molar-refractivity contribution in [2.75, 3.05) is 11.9 Å². The number of sulfonamides is 1. The monoisotopic (exact) mass is 498 g/mol. The van der Waals surface area contributed by atoms with E-state index >= 15 is 0 Å². The van der Waals surface area contributed by atoms with E-state index in [1.165, 1.54) is 12.1 Å². The molecule has 29 heavy (non-hydrogen) atoms. The number of halogens is 1. The number of benzene rings is 2. The zero-order chi connectivity index (χ0) is 21.4. The molecular weight excluding hydrogens is 476 g/mol. The fourth-order valence-electron chi connectivity index (χ4n) is 2.57. The third-order valence-corrected chi connectivity index (χ3v) is 6.36. The van der Waals surface area contributed by atoms with Crippen LogP contribution in [0.4, 0.5) is 5.69 Å². The zero-order valence-electron chi connectivity index (χ0n) is 16.1. The average molecular weight is 499 g/mol. The Kier molecular flexibility index (Phi) is 8.76. The van der Waals surface area contributed by atoms with Crippen molar-refractivity contribution in [2.24, 2.45) is 0 Å². The van der Waals surface area contributed by atoms with Gasteiger partial charge in [0, 0.05) is 10.2 Å². The average Bonchev–Trinajstić information content (AvgIpc) is 2.68. The van der Waals surface area contributed by atoms with Crippen molar-refractivity contribution in [1.29, 1.82) is 0 Å². The molecule has 0 heterocycles. The van der Waals surface area contributed by atoms with Crippen LogP contribution in [0.2, 0.25) is 0 Å². The molecule has 0 aromatic heterocycles. The van der Waals surface area contributed by atoms with Crippen LogP contribution in [0, 0.1) is 0 Å². The number of hydrogen-bond donors (Lipinski definition) is 2. The van der Waals surface area contributed by atoms with Crippen LogP contribution in [-0.2, 0) is 14.8 Å². The molecule has 0 saturated heterocycles. The second kappa shape index (κ2) is 10.8. The number of rotatable bonds is 9. The first-order valence-electron chi connectivity index (χ1n) is 9.12. The molecule has 9 heteroatoms. The van der Waals surface area contributed by atoms with Gasteiger partial charge in [-0.1, -0.05) is 47.6 Å². The lowest BCUT2D eigenvalue weighted by Gasteiger charge is -2.21. The van der Waals surface area contributed by atoms with E-state index in [2.05, 4.69) is 26.0 Å². The number of carbonyl (C=O) groups is 1. The second-order valence-corrected chi connectivity index (χ2v) is 9.28. The van der Waals surface area contributed by atoms with E-state index in [-0.39, 0.29) is 11.5 Å². The predicted molar refractivity (Wildman–Crippen MR) is 122 cm³/mol. The fraction of sp³-hybridized carbons (Fsp3) is 0.300. The SMILES string of the molecule is CCC[C@H](NS(=O)(=O)c1ccc(Br)cc1)C(=S)Nc1cccc(C(=O)OCC)c1. The van der Waals surface area contributed by atoms with Crippen molar-refractivity contribution < 1.29 is 17.9 Å². The largest absolute Gasteiger partial charge is 0.462 e. The summed E-state index contributed by atoms with van der Waals surface area (Å²) in [5, 5.41) is 3.04. The van der Waals surface area contributed by atoms with Crippen LogP contribution in [0.1, 0.15) is 37.0 Å².